The summed E-state index contributed by atoms with van der Waals surface area (Å²) in [6.07, 6.45) is 1.34. The fourth-order valence-corrected chi connectivity index (χ4v) is 3.63. The first-order valence-corrected chi connectivity index (χ1v) is 9.58. The van der Waals surface area contributed by atoms with Gasteiger partial charge in [0, 0.05) is 45.9 Å². The van der Waals surface area contributed by atoms with Gasteiger partial charge in [0.15, 0.2) is 6.61 Å². The molecule has 2 heterocycles. The predicted octanol–water partition coefficient (Wildman–Crippen LogP) is 0.800. The summed E-state index contributed by atoms with van der Waals surface area (Å²) in [6, 6.07) is 7.63. The molecule has 0 bridgehead atoms. The third-order valence-electron chi connectivity index (χ3n) is 5.60. The van der Waals surface area contributed by atoms with E-state index in [0.717, 1.165) is 5.56 Å². The minimum absolute atomic E-state index is 0.0150. The van der Waals surface area contributed by atoms with Gasteiger partial charge in [-0.3, -0.25) is 9.59 Å². The Morgan fingerprint density at radius 2 is 1.67 bits per heavy atom. The van der Waals surface area contributed by atoms with Crippen LogP contribution in [0.2, 0.25) is 0 Å². The van der Waals surface area contributed by atoms with Crippen LogP contribution < -0.4 is 10.5 Å². The quantitative estimate of drug-likeness (QED) is 0.823. The number of hydrogen-bond acceptors (Lipinski definition) is 5. The van der Waals surface area contributed by atoms with Crippen molar-refractivity contribution in [1.82, 2.24) is 9.80 Å². The van der Waals surface area contributed by atoms with Crippen LogP contribution >= 0.6 is 0 Å². The fraction of sp³-hybridized carbons (Fsp3) is 0.600. The number of aryl methyl sites for hydroxylation is 1. The molecule has 0 saturated carbocycles. The van der Waals surface area contributed by atoms with Crippen molar-refractivity contribution < 1.29 is 19.1 Å². The average molecular weight is 375 g/mol. The SMILES string of the molecule is Cc1ccc(OCC(=O)N2CCN(C(=O)C3(CN)CCOCC3)CC2)cc1. The predicted molar refractivity (Wildman–Crippen MR) is 101 cm³/mol. The molecule has 7 nitrogen and oxygen atoms in total. The molecular formula is C20H29N3O4. The molecule has 0 spiro atoms. The normalized spacial score (nSPS) is 19.6. The van der Waals surface area contributed by atoms with Gasteiger partial charge in [-0.05, 0) is 31.9 Å². The number of amides is 2. The van der Waals surface area contributed by atoms with E-state index in [9.17, 15) is 9.59 Å². The molecule has 2 amide bonds. The van der Waals surface area contributed by atoms with Crippen molar-refractivity contribution in [2.24, 2.45) is 11.1 Å². The number of nitrogens with zero attached hydrogens (tertiary/aromatic N) is 2. The number of carbonyl (C=O) groups excluding carboxylic acids is 2. The lowest BCUT2D eigenvalue weighted by atomic mass is 9.78. The number of ether oxygens (including phenoxy) is 2. The van der Waals surface area contributed by atoms with Gasteiger partial charge in [-0.25, -0.2) is 0 Å². The van der Waals surface area contributed by atoms with E-state index < -0.39 is 5.41 Å². The van der Waals surface area contributed by atoms with E-state index in [2.05, 4.69) is 0 Å². The van der Waals surface area contributed by atoms with E-state index in [4.69, 9.17) is 15.2 Å². The van der Waals surface area contributed by atoms with Crippen LogP contribution in [0.1, 0.15) is 18.4 Å². The minimum atomic E-state index is -0.501. The summed E-state index contributed by atoms with van der Waals surface area (Å²) in [7, 11) is 0. The van der Waals surface area contributed by atoms with Crippen LogP contribution in [0.4, 0.5) is 0 Å². The zero-order valence-corrected chi connectivity index (χ0v) is 16.0. The van der Waals surface area contributed by atoms with E-state index >= 15 is 0 Å². The Labute approximate surface area is 160 Å². The highest BCUT2D eigenvalue weighted by Gasteiger charge is 2.42. The molecule has 0 radical (unpaired) electrons. The van der Waals surface area contributed by atoms with Crippen molar-refractivity contribution >= 4 is 11.8 Å². The third kappa shape index (κ3) is 4.59. The summed E-state index contributed by atoms with van der Waals surface area (Å²) in [4.78, 5) is 29.0. The smallest absolute Gasteiger partial charge is 0.260 e. The molecule has 0 aromatic heterocycles. The third-order valence-corrected chi connectivity index (χ3v) is 5.60. The number of carbonyl (C=O) groups is 2. The van der Waals surface area contributed by atoms with Crippen molar-refractivity contribution in [3.8, 4) is 5.75 Å². The Hall–Kier alpha value is -2.12. The van der Waals surface area contributed by atoms with Crippen LogP contribution in [0.25, 0.3) is 0 Å². The zero-order chi connectivity index (χ0) is 19.3. The van der Waals surface area contributed by atoms with Crippen molar-refractivity contribution in [3.05, 3.63) is 29.8 Å². The standard InChI is InChI=1S/C20H29N3O4/c1-16-2-4-17(5-3-16)27-14-18(24)22-8-10-23(11-9-22)19(25)20(15-21)6-12-26-13-7-20/h2-5H,6-15,21H2,1H3. The molecule has 0 aliphatic carbocycles. The van der Waals surface area contributed by atoms with Crippen molar-refractivity contribution in [1.29, 1.82) is 0 Å². The second kappa shape index (κ2) is 8.71. The van der Waals surface area contributed by atoms with E-state index in [0.29, 0.717) is 64.5 Å². The molecule has 27 heavy (non-hydrogen) atoms. The number of piperazine rings is 1. The summed E-state index contributed by atoms with van der Waals surface area (Å²) in [6.45, 7) is 5.66. The second-order valence-corrected chi connectivity index (χ2v) is 7.37. The first-order valence-electron chi connectivity index (χ1n) is 9.58. The molecule has 0 atom stereocenters. The molecule has 148 valence electrons. The monoisotopic (exact) mass is 375 g/mol. The Morgan fingerprint density at radius 1 is 1.07 bits per heavy atom. The highest BCUT2D eigenvalue weighted by molar-refractivity contribution is 5.84. The largest absolute Gasteiger partial charge is 0.484 e. The van der Waals surface area contributed by atoms with Gasteiger partial charge >= 0.3 is 0 Å². The van der Waals surface area contributed by atoms with Crippen molar-refractivity contribution in [3.63, 3.8) is 0 Å². The van der Waals surface area contributed by atoms with Crippen LogP contribution in [0, 0.1) is 12.3 Å². The molecule has 1 aromatic rings. The van der Waals surface area contributed by atoms with Gasteiger partial charge in [-0.2, -0.15) is 0 Å². The molecule has 2 N–H and O–H groups in total. The van der Waals surface area contributed by atoms with E-state index in [-0.39, 0.29) is 18.4 Å². The zero-order valence-electron chi connectivity index (χ0n) is 16.0. The Bertz CT molecular complexity index is 648. The first kappa shape index (κ1) is 19.6. The lowest BCUT2D eigenvalue weighted by molar-refractivity contribution is -0.151. The number of hydrogen-bond donors (Lipinski definition) is 1. The molecule has 1 aromatic carbocycles. The Balaban J connectivity index is 1.48. The van der Waals surface area contributed by atoms with Gasteiger partial charge in [0.05, 0.1) is 5.41 Å². The van der Waals surface area contributed by atoms with Gasteiger partial charge in [-0.15, -0.1) is 0 Å². The molecule has 2 aliphatic rings. The highest BCUT2D eigenvalue weighted by Crippen LogP contribution is 2.32. The lowest BCUT2D eigenvalue weighted by Crippen LogP contribution is -2.57. The first-order chi connectivity index (χ1) is 13.0. The minimum Gasteiger partial charge on any atom is -0.484 e. The number of benzene rings is 1. The van der Waals surface area contributed by atoms with Gasteiger partial charge in [0.25, 0.3) is 5.91 Å². The van der Waals surface area contributed by atoms with Gasteiger partial charge < -0.3 is 25.0 Å². The van der Waals surface area contributed by atoms with Crippen LogP contribution in [0.15, 0.2) is 24.3 Å². The van der Waals surface area contributed by atoms with Crippen molar-refractivity contribution in [2.45, 2.75) is 19.8 Å². The van der Waals surface area contributed by atoms with Crippen LogP contribution in [0.3, 0.4) is 0 Å². The van der Waals surface area contributed by atoms with Crippen molar-refractivity contribution in [2.75, 3.05) is 52.5 Å². The average Bonchev–Trinajstić information content (AvgIpc) is 2.73. The fourth-order valence-electron chi connectivity index (χ4n) is 3.63. The maximum Gasteiger partial charge on any atom is 0.260 e. The Morgan fingerprint density at radius 3 is 2.26 bits per heavy atom. The van der Waals surface area contributed by atoms with E-state index in [1.54, 1.807) is 4.90 Å². The second-order valence-electron chi connectivity index (χ2n) is 7.37. The molecular weight excluding hydrogens is 346 g/mol. The van der Waals surface area contributed by atoms with Gasteiger partial charge in [-0.1, -0.05) is 17.7 Å². The van der Waals surface area contributed by atoms with Gasteiger partial charge in [0.2, 0.25) is 5.91 Å². The van der Waals surface area contributed by atoms with Crippen LogP contribution in [-0.4, -0.2) is 74.2 Å². The summed E-state index contributed by atoms with van der Waals surface area (Å²) in [5.41, 5.74) is 6.59. The van der Waals surface area contributed by atoms with Crippen LogP contribution in [0.5, 0.6) is 5.75 Å². The molecule has 2 saturated heterocycles. The molecule has 3 rings (SSSR count). The van der Waals surface area contributed by atoms with E-state index in [1.807, 2.05) is 36.1 Å². The molecule has 0 unspecified atom stereocenters. The molecule has 7 heteroatoms. The molecule has 2 aliphatic heterocycles. The molecule has 2 fully saturated rings. The van der Waals surface area contributed by atoms with Crippen LogP contribution in [-0.2, 0) is 14.3 Å². The summed E-state index contributed by atoms with van der Waals surface area (Å²) < 4.78 is 11.0. The maximum atomic E-state index is 13.0. The lowest BCUT2D eigenvalue weighted by Gasteiger charge is -2.42. The number of rotatable bonds is 5. The topological polar surface area (TPSA) is 85.1 Å². The summed E-state index contributed by atoms with van der Waals surface area (Å²) >= 11 is 0. The number of nitrogens with two attached hydrogens (primary N) is 1. The summed E-state index contributed by atoms with van der Waals surface area (Å²) in [5.74, 6) is 0.741. The highest BCUT2D eigenvalue weighted by atomic mass is 16.5. The van der Waals surface area contributed by atoms with E-state index in [1.165, 1.54) is 0 Å². The van der Waals surface area contributed by atoms with Gasteiger partial charge in [0.1, 0.15) is 5.75 Å². The summed E-state index contributed by atoms with van der Waals surface area (Å²) in [5, 5.41) is 0. The Kier molecular flexibility index (Phi) is 6.34. The maximum absolute atomic E-state index is 13.0.